The Morgan fingerprint density at radius 3 is 2.30 bits per heavy atom. The minimum absolute atomic E-state index is 0.0344. The summed E-state index contributed by atoms with van der Waals surface area (Å²) in [5.41, 5.74) is 1.74. The van der Waals surface area contributed by atoms with E-state index in [2.05, 4.69) is 38.1 Å². The molecule has 7 nitrogen and oxygen atoms in total. The van der Waals surface area contributed by atoms with Crippen molar-refractivity contribution in [2.45, 2.75) is 6.04 Å². The molecule has 1 aliphatic rings. The molecule has 1 fully saturated rings. The number of piperazine rings is 1. The quantitative estimate of drug-likeness (QED) is 0.774. The van der Waals surface area contributed by atoms with Gasteiger partial charge in [-0.15, -0.1) is 0 Å². The number of benzene rings is 1. The van der Waals surface area contributed by atoms with Crippen LogP contribution in [0.25, 0.3) is 0 Å². The monoisotopic (exact) mass is 369 g/mol. The third kappa shape index (κ3) is 4.96. The fourth-order valence-electron chi connectivity index (χ4n) is 3.35. The third-order valence-electron chi connectivity index (χ3n) is 5.00. The molecule has 1 atom stereocenters. The molecule has 1 unspecified atom stereocenters. The Balaban J connectivity index is 1.63. The number of aromatic nitrogens is 1. The molecule has 2 aromatic rings. The van der Waals surface area contributed by atoms with Crippen LogP contribution < -0.4 is 10.6 Å². The molecule has 27 heavy (non-hydrogen) atoms. The van der Waals surface area contributed by atoms with Crippen LogP contribution in [0.5, 0.6) is 0 Å². The Morgan fingerprint density at radius 1 is 0.963 bits per heavy atom. The lowest BCUT2D eigenvalue weighted by Gasteiger charge is -2.38. The van der Waals surface area contributed by atoms with Gasteiger partial charge in [-0.3, -0.25) is 14.5 Å². The predicted molar refractivity (Wildman–Crippen MR) is 105 cm³/mol. The summed E-state index contributed by atoms with van der Waals surface area (Å²) in [5.74, 6) is -1.27. The van der Waals surface area contributed by atoms with Crippen LogP contribution in [-0.4, -0.2) is 66.0 Å². The standard InChI is InChI=1S/C20H27N5O2/c1-23-11-13-25(14-12-23)18(17-9-6-10-24(17)2)15-21-19(26)20(27)22-16-7-4-3-5-8-16/h3-10,18H,11-15H2,1-2H3,(H,21,26)(H,22,27). The second-order valence-electron chi connectivity index (χ2n) is 6.93. The molecule has 1 aromatic heterocycles. The Bertz CT molecular complexity index is 766. The summed E-state index contributed by atoms with van der Waals surface area (Å²) in [6.45, 7) is 4.23. The zero-order valence-electron chi connectivity index (χ0n) is 15.9. The second kappa shape index (κ2) is 8.83. The molecular weight excluding hydrogens is 342 g/mol. The third-order valence-corrected chi connectivity index (χ3v) is 5.00. The highest BCUT2D eigenvalue weighted by Gasteiger charge is 2.26. The summed E-state index contributed by atoms with van der Waals surface area (Å²) in [7, 11) is 4.12. The first-order chi connectivity index (χ1) is 13.0. The van der Waals surface area contributed by atoms with Gasteiger partial charge < -0.3 is 20.1 Å². The lowest BCUT2D eigenvalue weighted by Crippen LogP contribution is -2.49. The van der Waals surface area contributed by atoms with E-state index < -0.39 is 11.8 Å². The van der Waals surface area contributed by atoms with Crippen LogP contribution in [0.3, 0.4) is 0 Å². The van der Waals surface area contributed by atoms with Gasteiger partial charge in [-0.25, -0.2) is 0 Å². The van der Waals surface area contributed by atoms with Gasteiger partial charge in [0, 0.05) is 57.3 Å². The number of nitrogens with one attached hydrogen (secondary N) is 2. The summed E-state index contributed by atoms with van der Waals surface area (Å²) >= 11 is 0. The van der Waals surface area contributed by atoms with Crippen LogP contribution in [0, 0.1) is 0 Å². The summed E-state index contributed by atoms with van der Waals surface area (Å²) in [4.78, 5) is 29.1. The van der Waals surface area contributed by atoms with Crippen molar-refractivity contribution >= 4 is 17.5 Å². The molecule has 0 aliphatic carbocycles. The molecule has 0 spiro atoms. The smallest absolute Gasteiger partial charge is 0.313 e. The average Bonchev–Trinajstić information content (AvgIpc) is 3.09. The van der Waals surface area contributed by atoms with Crippen LogP contribution >= 0.6 is 0 Å². The average molecular weight is 369 g/mol. The second-order valence-corrected chi connectivity index (χ2v) is 6.93. The lowest BCUT2D eigenvalue weighted by atomic mass is 10.1. The van der Waals surface area contributed by atoms with Crippen LogP contribution in [0.15, 0.2) is 48.7 Å². The Hall–Kier alpha value is -2.64. The van der Waals surface area contributed by atoms with Crippen LogP contribution in [0.4, 0.5) is 5.69 Å². The van der Waals surface area contributed by atoms with Gasteiger partial charge in [0.15, 0.2) is 0 Å². The number of carbonyl (C=O) groups is 2. The van der Waals surface area contributed by atoms with Crippen molar-refractivity contribution in [2.75, 3.05) is 45.1 Å². The highest BCUT2D eigenvalue weighted by Crippen LogP contribution is 2.21. The van der Waals surface area contributed by atoms with Crippen molar-refractivity contribution in [3.8, 4) is 0 Å². The zero-order chi connectivity index (χ0) is 19.2. The van der Waals surface area contributed by atoms with Crippen molar-refractivity contribution < 1.29 is 9.59 Å². The molecule has 0 bridgehead atoms. The van der Waals surface area contributed by atoms with E-state index >= 15 is 0 Å². The molecular formula is C20H27N5O2. The van der Waals surface area contributed by atoms with Crippen molar-refractivity contribution in [1.29, 1.82) is 0 Å². The van der Waals surface area contributed by atoms with Gasteiger partial charge >= 0.3 is 11.8 Å². The van der Waals surface area contributed by atoms with Crippen molar-refractivity contribution in [1.82, 2.24) is 19.7 Å². The van der Waals surface area contributed by atoms with E-state index in [1.54, 1.807) is 12.1 Å². The normalized spacial score (nSPS) is 16.7. The predicted octanol–water partition coefficient (Wildman–Crippen LogP) is 1.07. The number of para-hydroxylation sites is 1. The van der Waals surface area contributed by atoms with Gasteiger partial charge in [0.05, 0.1) is 6.04 Å². The Kier molecular flexibility index (Phi) is 6.26. The number of anilines is 1. The SMILES string of the molecule is CN1CCN(C(CNC(=O)C(=O)Nc2ccccc2)c2cccn2C)CC1. The van der Waals surface area contributed by atoms with Crippen LogP contribution in [0.2, 0.25) is 0 Å². The number of likely N-dealkylation sites (N-methyl/N-ethyl adjacent to an activating group) is 1. The highest BCUT2D eigenvalue weighted by atomic mass is 16.2. The first kappa shape index (κ1) is 19.1. The maximum Gasteiger partial charge on any atom is 0.313 e. The molecule has 3 rings (SSSR count). The largest absolute Gasteiger partial charge is 0.353 e. The minimum Gasteiger partial charge on any atom is -0.353 e. The highest BCUT2D eigenvalue weighted by molar-refractivity contribution is 6.39. The number of rotatable bonds is 5. The molecule has 1 aromatic carbocycles. The number of carbonyl (C=O) groups excluding carboxylic acids is 2. The van der Waals surface area contributed by atoms with Gasteiger partial charge in [-0.05, 0) is 31.3 Å². The Morgan fingerprint density at radius 2 is 1.67 bits per heavy atom. The molecule has 1 saturated heterocycles. The zero-order valence-corrected chi connectivity index (χ0v) is 15.9. The fourth-order valence-corrected chi connectivity index (χ4v) is 3.35. The summed E-state index contributed by atoms with van der Waals surface area (Å²) in [6, 6.07) is 13.1. The number of amides is 2. The fraction of sp³-hybridized carbons (Fsp3) is 0.400. The summed E-state index contributed by atoms with van der Waals surface area (Å²) in [5, 5.41) is 5.43. The first-order valence-corrected chi connectivity index (χ1v) is 9.22. The number of nitrogens with zero attached hydrogens (tertiary/aromatic N) is 3. The molecule has 2 heterocycles. The number of hydrogen-bond donors (Lipinski definition) is 2. The van der Waals surface area contributed by atoms with Gasteiger partial charge in [-0.2, -0.15) is 0 Å². The van der Waals surface area contributed by atoms with Crippen molar-refractivity contribution in [3.05, 3.63) is 54.4 Å². The summed E-state index contributed by atoms with van der Waals surface area (Å²) in [6.07, 6.45) is 2.00. The number of aryl methyl sites for hydroxylation is 1. The topological polar surface area (TPSA) is 69.6 Å². The lowest BCUT2D eigenvalue weighted by molar-refractivity contribution is -0.136. The van der Waals surface area contributed by atoms with E-state index in [0.717, 1.165) is 31.9 Å². The van der Waals surface area contributed by atoms with E-state index in [9.17, 15) is 9.59 Å². The molecule has 0 saturated carbocycles. The van der Waals surface area contributed by atoms with E-state index in [4.69, 9.17) is 0 Å². The van der Waals surface area contributed by atoms with Crippen LogP contribution in [-0.2, 0) is 16.6 Å². The summed E-state index contributed by atoms with van der Waals surface area (Å²) < 4.78 is 2.07. The van der Waals surface area contributed by atoms with Gasteiger partial charge in [0.2, 0.25) is 0 Å². The van der Waals surface area contributed by atoms with Crippen LogP contribution in [0.1, 0.15) is 11.7 Å². The molecule has 7 heteroatoms. The van der Waals surface area contributed by atoms with Gasteiger partial charge in [0.1, 0.15) is 0 Å². The first-order valence-electron chi connectivity index (χ1n) is 9.22. The Labute approximate surface area is 159 Å². The molecule has 1 aliphatic heterocycles. The maximum atomic E-state index is 12.3. The maximum absolute atomic E-state index is 12.3. The molecule has 0 radical (unpaired) electrons. The number of hydrogen-bond acceptors (Lipinski definition) is 4. The van der Waals surface area contributed by atoms with E-state index in [1.807, 2.05) is 37.5 Å². The molecule has 144 valence electrons. The molecule has 2 N–H and O–H groups in total. The minimum atomic E-state index is -0.648. The van der Waals surface area contributed by atoms with Crippen molar-refractivity contribution in [3.63, 3.8) is 0 Å². The van der Waals surface area contributed by atoms with Crippen molar-refractivity contribution in [2.24, 2.45) is 7.05 Å². The van der Waals surface area contributed by atoms with E-state index in [-0.39, 0.29) is 6.04 Å². The molecule has 2 amide bonds. The van der Waals surface area contributed by atoms with Gasteiger partial charge in [0.25, 0.3) is 0 Å². The van der Waals surface area contributed by atoms with E-state index in [1.165, 1.54) is 0 Å². The van der Waals surface area contributed by atoms with Gasteiger partial charge in [-0.1, -0.05) is 18.2 Å². The van der Waals surface area contributed by atoms with E-state index in [0.29, 0.717) is 12.2 Å².